The summed E-state index contributed by atoms with van der Waals surface area (Å²) in [7, 11) is 0. The van der Waals surface area contributed by atoms with Gasteiger partial charge in [-0.3, -0.25) is 4.90 Å². The van der Waals surface area contributed by atoms with Crippen LogP contribution in [0.1, 0.15) is 66.7 Å². The van der Waals surface area contributed by atoms with Gasteiger partial charge < -0.3 is 15.2 Å². The Morgan fingerprint density at radius 3 is 2.25 bits per heavy atom. The summed E-state index contributed by atoms with van der Waals surface area (Å²) in [4.78, 5) is 25.7. The van der Waals surface area contributed by atoms with Crippen LogP contribution in [0, 0.1) is 5.92 Å². The van der Waals surface area contributed by atoms with Crippen molar-refractivity contribution >= 4 is 12.1 Å². The van der Waals surface area contributed by atoms with Crippen molar-refractivity contribution < 1.29 is 19.4 Å². The van der Waals surface area contributed by atoms with Crippen molar-refractivity contribution in [2.45, 2.75) is 89.9 Å². The summed E-state index contributed by atoms with van der Waals surface area (Å²) in [6.45, 7) is 9.64. The zero-order chi connectivity index (χ0) is 18.1. The first-order valence-corrected chi connectivity index (χ1v) is 9.01. The van der Waals surface area contributed by atoms with Gasteiger partial charge in [-0.2, -0.15) is 0 Å². The Balaban J connectivity index is 2.04. The van der Waals surface area contributed by atoms with Gasteiger partial charge in [0.2, 0.25) is 0 Å². The van der Waals surface area contributed by atoms with Crippen molar-refractivity contribution in [1.82, 2.24) is 10.2 Å². The zero-order valence-corrected chi connectivity index (χ0v) is 15.6. The van der Waals surface area contributed by atoms with Crippen LogP contribution in [0.15, 0.2) is 0 Å². The average Bonchev–Trinajstić information content (AvgIpc) is 2.78. The minimum absolute atomic E-state index is 0.00276. The van der Waals surface area contributed by atoms with Crippen LogP contribution in [0.2, 0.25) is 0 Å². The van der Waals surface area contributed by atoms with Crippen molar-refractivity contribution in [3.63, 3.8) is 0 Å². The van der Waals surface area contributed by atoms with Crippen molar-refractivity contribution in [2.75, 3.05) is 6.54 Å². The van der Waals surface area contributed by atoms with E-state index in [4.69, 9.17) is 4.74 Å². The van der Waals surface area contributed by atoms with Gasteiger partial charge in [-0.1, -0.05) is 6.92 Å². The molecule has 0 spiro atoms. The van der Waals surface area contributed by atoms with Gasteiger partial charge in [0.1, 0.15) is 11.1 Å². The first-order valence-electron chi connectivity index (χ1n) is 9.01. The molecule has 24 heavy (non-hydrogen) atoms. The van der Waals surface area contributed by atoms with Crippen molar-refractivity contribution in [2.24, 2.45) is 5.92 Å². The van der Waals surface area contributed by atoms with Crippen LogP contribution in [0.4, 0.5) is 4.79 Å². The second-order valence-corrected chi connectivity index (χ2v) is 8.69. The van der Waals surface area contributed by atoms with E-state index in [-0.39, 0.29) is 6.04 Å². The number of aliphatic carboxylic acids is 1. The lowest BCUT2D eigenvalue weighted by Crippen LogP contribution is -2.52. The van der Waals surface area contributed by atoms with Crippen molar-refractivity contribution in [3.8, 4) is 0 Å². The lowest BCUT2D eigenvalue weighted by molar-refractivity contribution is -0.148. The maximum atomic E-state index is 12.5. The third-order valence-corrected chi connectivity index (χ3v) is 5.20. The number of hydrogen-bond acceptors (Lipinski definition) is 4. The number of carbonyl (C=O) groups is 2. The van der Waals surface area contributed by atoms with Crippen molar-refractivity contribution in [3.05, 3.63) is 0 Å². The summed E-state index contributed by atoms with van der Waals surface area (Å²) in [5.74, 6) is -0.205. The fourth-order valence-corrected chi connectivity index (χ4v) is 3.74. The van der Waals surface area contributed by atoms with Gasteiger partial charge in [-0.25, -0.2) is 9.59 Å². The number of ether oxygens (including phenoxy) is 1. The summed E-state index contributed by atoms with van der Waals surface area (Å²) in [6, 6.07) is 0.417. The summed E-state index contributed by atoms with van der Waals surface area (Å²) < 4.78 is 5.42. The Hall–Kier alpha value is -1.30. The zero-order valence-electron chi connectivity index (χ0n) is 15.6. The standard InChI is InChI=1S/C18H32N2O4/c1-12-6-8-13(9-7-12)19-14-10-18(5,15(21)22)20(11-14)16(23)24-17(2,3)4/h12-14,19H,6-11H2,1-5H3,(H,21,22)/t12-,13+,14-,18-/m0/s1. The molecule has 6 nitrogen and oxygen atoms in total. The molecule has 0 aromatic carbocycles. The Bertz CT molecular complexity index is 480. The highest BCUT2D eigenvalue weighted by Crippen LogP contribution is 2.33. The lowest BCUT2D eigenvalue weighted by Gasteiger charge is -2.32. The molecule has 0 aromatic rings. The van der Waals surface area contributed by atoms with E-state index in [1.807, 2.05) is 0 Å². The molecule has 2 rings (SSSR count). The maximum Gasteiger partial charge on any atom is 0.411 e. The fourth-order valence-electron chi connectivity index (χ4n) is 3.74. The summed E-state index contributed by atoms with van der Waals surface area (Å²) in [6.07, 6.45) is 4.51. The van der Waals surface area contributed by atoms with E-state index in [1.165, 1.54) is 17.7 Å². The molecule has 1 amide bonds. The van der Waals surface area contributed by atoms with Gasteiger partial charge >= 0.3 is 12.1 Å². The minimum atomic E-state index is -1.22. The number of amides is 1. The SMILES string of the molecule is CC(C)(C)OC(=O)N1C[C@@H](N[C@H]2CC[C@@H](C)CC2)C[C@@]1(C)C(=O)O. The Labute approximate surface area is 144 Å². The largest absolute Gasteiger partial charge is 0.480 e. The lowest BCUT2D eigenvalue weighted by atomic mass is 9.87. The van der Waals surface area contributed by atoms with Gasteiger partial charge in [0.25, 0.3) is 0 Å². The second kappa shape index (κ2) is 6.90. The van der Waals surface area contributed by atoms with E-state index < -0.39 is 23.2 Å². The van der Waals surface area contributed by atoms with Crippen LogP contribution >= 0.6 is 0 Å². The van der Waals surface area contributed by atoms with E-state index >= 15 is 0 Å². The summed E-state index contributed by atoms with van der Waals surface area (Å²) in [5, 5.41) is 13.3. The molecule has 2 N–H and O–H groups in total. The molecule has 1 heterocycles. The highest BCUT2D eigenvalue weighted by molar-refractivity contribution is 5.85. The number of likely N-dealkylation sites (tertiary alicyclic amines) is 1. The number of carboxylic acids is 1. The smallest absolute Gasteiger partial charge is 0.411 e. The Kier molecular flexibility index (Phi) is 5.47. The van der Waals surface area contributed by atoms with E-state index in [0.717, 1.165) is 18.8 Å². The monoisotopic (exact) mass is 340 g/mol. The molecule has 2 fully saturated rings. The molecule has 0 unspecified atom stereocenters. The normalized spacial score (nSPS) is 34.2. The summed E-state index contributed by atoms with van der Waals surface area (Å²) >= 11 is 0. The average molecular weight is 340 g/mol. The van der Waals surface area contributed by atoms with Crippen LogP contribution in [0.5, 0.6) is 0 Å². The number of carbonyl (C=O) groups excluding carboxylic acids is 1. The molecule has 1 aliphatic heterocycles. The van der Waals surface area contributed by atoms with Crippen LogP contribution in [0.25, 0.3) is 0 Å². The summed E-state index contributed by atoms with van der Waals surface area (Å²) in [5.41, 5.74) is -1.86. The molecule has 2 atom stereocenters. The second-order valence-electron chi connectivity index (χ2n) is 8.69. The van der Waals surface area contributed by atoms with E-state index in [1.54, 1.807) is 27.7 Å². The number of carboxylic acid groups (broad SMARTS) is 1. The van der Waals surface area contributed by atoms with Gasteiger partial charge in [0, 0.05) is 18.6 Å². The predicted octanol–water partition coefficient (Wildman–Crippen LogP) is 3.01. The van der Waals surface area contributed by atoms with Crippen LogP contribution in [0.3, 0.4) is 0 Å². The molecule has 138 valence electrons. The van der Waals surface area contributed by atoms with Crippen LogP contribution in [-0.2, 0) is 9.53 Å². The molecular weight excluding hydrogens is 308 g/mol. The molecule has 1 saturated carbocycles. The number of rotatable bonds is 3. The van der Waals surface area contributed by atoms with Gasteiger partial charge in [-0.05, 0) is 65.7 Å². The Morgan fingerprint density at radius 2 is 1.75 bits per heavy atom. The molecule has 0 radical (unpaired) electrons. The van der Waals surface area contributed by atoms with Crippen LogP contribution < -0.4 is 5.32 Å². The van der Waals surface area contributed by atoms with Crippen molar-refractivity contribution in [1.29, 1.82) is 0 Å². The first kappa shape index (κ1) is 19.0. The topological polar surface area (TPSA) is 78.9 Å². The van der Waals surface area contributed by atoms with Gasteiger partial charge in [-0.15, -0.1) is 0 Å². The quantitative estimate of drug-likeness (QED) is 0.826. The minimum Gasteiger partial charge on any atom is -0.480 e. The fraction of sp³-hybridized carbons (Fsp3) is 0.889. The maximum absolute atomic E-state index is 12.5. The third-order valence-electron chi connectivity index (χ3n) is 5.20. The molecule has 2 aliphatic rings. The molecule has 1 saturated heterocycles. The van der Waals surface area contributed by atoms with Gasteiger partial charge in [0.15, 0.2) is 0 Å². The molecule has 1 aliphatic carbocycles. The Morgan fingerprint density at radius 1 is 1.17 bits per heavy atom. The molecule has 0 bridgehead atoms. The number of nitrogens with zero attached hydrogens (tertiary/aromatic N) is 1. The van der Waals surface area contributed by atoms with E-state index in [2.05, 4.69) is 12.2 Å². The number of hydrogen-bond donors (Lipinski definition) is 2. The van der Waals surface area contributed by atoms with Gasteiger partial charge in [0.05, 0.1) is 0 Å². The van der Waals surface area contributed by atoms with E-state index in [0.29, 0.717) is 19.0 Å². The molecular formula is C18H32N2O4. The third kappa shape index (κ3) is 4.41. The predicted molar refractivity (Wildman–Crippen MR) is 91.9 cm³/mol. The molecule has 6 heteroatoms. The first-order chi connectivity index (χ1) is 11.0. The molecule has 0 aromatic heterocycles. The highest BCUT2D eigenvalue weighted by atomic mass is 16.6. The highest BCUT2D eigenvalue weighted by Gasteiger charge is 2.51. The van der Waals surface area contributed by atoms with E-state index in [9.17, 15) is 14.7 Å². The number of nitrogens with one attached hydrogen (secondary N) is 1. The van der Waals surface area contributed by atoms with Crippen LogP contribution in [-0.4, -0.2) is 51.8 Å².